The van der Waals surface area contributed by atoms with Crippen molar-refractivity contribution in [2.75, 3.05) is 6.61 Å². The van der Waals surface area contributed by atoms with Crippen molar-refractivity contribution < 1.29 is 27.4 Å². The molecule has 0 saturated carbocycles. The van der Waals surface area contributed by atoms with Gasteiger partial charge in [0.25, 0.3) is 0 Å². The molecule has 0 radical (unpaired) electrons. The van der Waals surface area contributed by atoms with Crippen molar-refractivity contribution in [2.24, 2.45) is 0 Å². The number of carbonyl (C=O) groups excluding carboxylic acids is 1. The van der Waals surface area contributed by atoms with E-state index in [1.807, 2.05) is 0 Å². The number of carbonyl (C=O) groups is 1. The third-order valence-electron chi connectivity index (χ3n) is 2.16. The van der Waals surface area contributed by atoms with Crippen LogP contribution in [-0.2, 0) is 16.0 Å². The highest BCUT2D eigenvalue weighted by molar-refractivity contribution is 14.1. The van der Waals surface area contributed by atoms with Crippen LogP contribution in [0.2, 0.25) is 0 Å². The SMILES string of the molecule is CCOC(=O)Cc1ncc(I)c(OC(F)(F)F)c1C. The highest BCUT2D eigenvalue weighted by Gasteiger charge is 2.33. The number of pyridine rings is 1. The first-order chi connectivity index (χ1) is 8.74. The van der Waals surface area contributed by atoms with Crippen LogP contribution in [0, 0.1) is 10.5 Å². The number of halogens is 4. The van der Waals surface area contributed by atoms with Crippen molar-refractivity contribution in [1.82, 2.24) is 4.98 Å². The first-order valence-corrected chi connectivity index (χ1v) is 6.37. The van der Waals surface area contributed by atoms with Crippen LogP contribution in [0.4, 0.5) is 13.2 Å². The van der Waals surface area contributed by atoms with Crippen LogP contribution in [0.15, 0.2) is 6.20 Å². The van der Waals surface area contributed by atoms with Crippen molar-refractivity contribution in [3.05, 3.63) is 21.0 Å². The minimum Gasteiger partial charge on any atom is -0.466 e. The predicted molar refractivity (Wildman–Crippen MR) is 68.7 cm³/mol. The molecule has 19 heavy (non-hydrogen) atoms. The van der Waals surface area contributed by atoms with Gasteiger partial charge in [-0.25, -0.2) is 0 Å². The summed E-state index contributed by atoms with van der Waals surface area (Å²) in [6.07, 6.45) is -3.75. The van der Waals surface area contributed by atoms with E-state index in [0.29, 0.717) is 0 Å². The zero-order valence-electron chi connectivity index (χ0n) is 10.2. The van der Waals surface area contributed by atoms with Crippen molar-refractivity contribution in [2.45, 2.75) is 26.6 Å². The van der Waals surface area contributed by atoms with Crippen LogP contribution in [0.25, 0.3) is 0 Å². The largest absolute Gasteiger partial charge is 0.573 e. The van der Waals surface area contributed by atoms with E-state index in [-0.39, 0.29) is 33.6 Å². The minimum absolute atomic E-state index is 0.178. The maximum Gasteiger partial charge on any atom is 0.573 e. The van der Waals surface area contributed by atoms with E-state index in [4.69, 9.17) is 4.74 Å². The van der Waals surface area contributed by atoms with Gasteiger partial charge in [0.05, 0.1) is 22.3 Å². The van der Waals surface area contributed by atoms with E-state index < -0.39 is 12.3 Å². The molecule has 0 spiro atoms. The average molecular weight is 389 g/mol. The van der Waals surface area contributed by atoms with E-state index in [0.717, 1.165) is 0 Å². The van der Waals surface area contributed by atoms with Crippen LogP contribution in [0.5, 0.6) is 5.75 Å². The first kappa shape index (κ1) is 16.0. The Hall–Kier alpha value is -1.06. The van der Waals surface area contributed by atoms with Crippen molar-refractivity contribution >= 4 is 28.6 Å². The molecule has 0 aliphatic heterocycles. The summed E-state index contributed by atoms with van der Waals surface area (Å²) in [6, 6.07) is 0. The molecule has 0 bridgehead atoms. The van der Waals surface area contributed by atoms with Gasteiger partial charge in [-0.3, -0.25) is 9.78 Å². The highest BCUT2D eigenvalue weighted by atomic mass is 127. The maximum atomic E-state index is 12.3. The quantitative estimate of drug-likeness (QED) is 0.587. The second-order valence-electron chi connectivity index (χ2n) is 3.54. The average Bonchev–Trinajstić information content (AvgIpc) is 2.27. The predicted octanol–water partition coefficient (Wildman–Crippen LogP) is 3.00. The number of alkyl halides is 3. The molecule has 0 amide bonds. The van der Waals surface area contributed by atoms with Gasteiger partial charge in [0.15, 0.2) is 0 Å². The zero-order chi connectivity index (χ0) is 14.6. The summed E-state index contributed by atoms with van der Waals surface area (Å²) in [4.78, 5) is 15.3. The van der Waals surface area contributed by atoms with Crippen LogP contribution >= 0.6 is 22.6 Å². The van der Waals surface area contributed by atoms with Gasteiger partial charge >= 0.3 is 12.3 Å². The number of hydrogen-bond donors (Lipinski definition) is 0. The third-order valence-corrected chi connectivity index (χ3v) is 2.93. The van der Waals surface area contributed by atoms with Crippen LogP contribution in [0.1, 0.15) is 18.2 Å². The molecule has 1 aromatic rings. The molecule has 106 valence electrons. The summed E-state index contributed by atoms with van der Waals surface area (Å²) in [6.45, 7) is 3.27. The van der Waals surface area contributed by atoms with Crippen molar-refractivity contribution in [3.63, 3.8) is 0 Å². The fraction of sp³-hybridized carbons (Fsp3) is 0.455. The lowest BCUT2D eigenvalue weighted by molar-refractivity contribution is -0.275. The summed E-state index contributed by atoms with van der Waals surface area (Å²) in [5.41, 5.74) is 0.385. The Kier molecular flexibility index (Phi) is 5.39. The van der Waals surface area contributed by atoms with Gasteiger partial charge in [-0.15, -0.1) is 13.2 Å². The van der Waals surface area contributed by atoms with Gasteiger partial charge < -0.3 is 9.47 Å². The molecule has 0 aliphatic rings. The molecule has 1 rings (SSSR count). The lowest BCUT2D eigenvalue weighted by atomic mass is 10.1. The van der Waals surface area contributed by atoms with E-state index in [1.165, 1.54) is 13.1 Å². The molecule has 0 aromatic carbocycles. The Balaban J connectivity index is 3.03. The fourth-order valence-corrected chi connectivity index (χ4v) is 2.02. The van der Waals surface area contributed by atoms with Gasteiger partial charge in [-0.2, -0.15) is 0 Å². The molecule has 4 nitrogen and oxygen atoms in total. The molecule has 1 aromatic heterocycles. The van der Waals surface area contributed by atoms with E-state index in [9.17, 15) is 18.0 Å². The monoisotopic (exact) mass is 389 g/mol. The highest BCUT2D eigenvalue weighted by Crippen LogP contribution is 2.31. The summed E-state index contributed by atoms with van der Waals surface area (Å²) in [5, 5.41) is 0. The summed E-state index contributed by atoms with van der Waals surface area (Å²) >= 11 is 1.69. The molecule has 1 heterocycles. The van der Waals surface area contributed by atoms with Crippen LogP contribution in [0.3, 0.4) is 0 Å². The molecule has 0 N–H and O–H groups in total. The van der Waals surface area contributed by atoms with Gasteiger partial charge in [0.2, 0.25) is 0 Å². The maximum absolute atomic E-state index is 12.3. The molecule has 0 atom stereocenters. The number of rotatable bonds is 4. The minimum atomic E-state index is -4.78. The Labute approximate surface area is 121 Å². The van der Waals surface area contributed by atoms with E-state index in [1.54, 1.807) is 29.5 Å². The molecule has 8 heteroatoms. The molecule has 0 unspecified atom stereocenters. The summed E-state index contributed by atoms with van der Waals surface area (Å²) in [7, 11) is 0. The summed E-state index contributed by atoms with van der Waals surface area (Å²) < 4.78 is 45.7. The molecule has 0 aliphatic carbocycles. The van der Waals surface area contributed by atoms with Gasteiger partial charge in [-0.1, -0.05) is 0 Å². The lowest BCUT2D eigenvalue weighted by Gasteiger charge is -2.15. The number of ether oxygens (including phenoxy) is 2. The standard InChI is InChI=1S/C11H11F3INO3/c1-3-18-9(17)4-8-6(2)10(7(15)5-16-8)19-11(12,13)14/h5H,3-4H2,1-2H3. The molecule has 0 saturated heterocycles. The zero-order valence-corrected chi connectivity index (χ0v) is 12.3. The smallest absolute Gasteiger partial charge is 0.466 e. The van der Waals surface area contributed by atoms with Gasteiger partial charge in [0, 0.05) is 11.8 Å². The number of aromatic nitrogens is 1. The first-order valence-electron chi connectivity index (χ1n) is 5.30. The Bertz CT molecular complexity index is 477. The lowest BCUT2D eigenvalue weighted by Crippen LogP contribution is -2.20. The summed E-state index contributed by atoms with van der Waals surface area (Å²) in [5.74, 6) is -0.875. The molecule has 0 fully saturated rings. The van der Waals surface area contributed by atoms with Crippen molar-refractivity contribution in [1.29, 1.82) is 0 Å². The number of nitrogens with zero attached hydrogens (tertiary/aromatic N) is 1. The second-order valence-corrected chi connectivity index (χ2v) is 4.70. The third kappa shape index (κ3) is 4.84. The van der Waals surface area contributed by atoms with E-state index in [2.05, 4.69) is 9.72 Å². The Morgan fingerprint density at radius 2 is 2.11 bits per heavy atom. The molecular formula is C11H11F3INO3. The van der Waals surface area contributed by atoms with Gasteiger partial charge in [-0.05, 0) is 36.4 Å². The number of esters is 1. The molecular weight excluding hydrogens is 378 g/mol. The topological polar surface area (TPSA) is 48.4 Å². The normalized spacial score (nSPS) is 11.3. The van der Waals surface area contributed by atoms with Crippen LogP contribution in [-0.4, -0.2) is 23.9 Å². The van der Waals surface area contributed by atoms with Crippen LogP contribution < -0.4 is 4.74 Å². The van der Waals surface area contributed by atoms with Gasteiger partial charge in [0.1, 0.15) is 5.75 Å². The Morgan fingerprint density at radius 1 is 1.47 bits per heavy atom. The number of hydrogen-bond acceptors (Lipinski definition) is 4. The Morgan fingerprint density at radius 3 is 2.63 bits per heavy atom. The fourth-order valence-electron chi connectivity index (χ4n) is 1.37. The second kappa shape index (κ2) is 6.40. The van der Waals surface area contributed by atoms with Crippen molar-refractivity contribution in [3.8, 4) is 5.75 Å². The van der Waals surface area contributed by atoms with E-state index >= 15 is 0 Å².